The third kappa shape index (κ3) is 5.94. The molecule has 0 radical (unpaired) electrons. The van der Waals surface area contributed by atoms with E-state index in [4.69, 9.17) is 22.1 Å². The summed E-state index contributed by atoms with van der Waals surface area (Å²) in [6.07, 6.45) is 5.65. The third-order valence-corrected chi connectivity index (χ3v) is 3.63. The van der Waals surface area contributed by atoms with Crippen molar-refractivity contribution in [2.24, 2.45) is 0 Å². The van der Waals surface area contributed by atoms with E-state index < -0.39 is 0 Å². The number of nitrogens with two attached hydrogens (primary N) is 1. The zero-order chi connectivity index (χ0) is 16.5. The van der Waals surface area contributed by atoms with Gasteiger partial charge in [0.2, 0.25) is 5.95 Å². The molecule has 0 aliphatic heterocycles. The minimum atomic E-state index is 0.248. The van der Waals surface area contributed by atoms with Crippen LogP contribution in [0.5, 0.6) is 5.75 Å². The van der Waals surface area contributed by atoms with Gasteiger partial charge in [-0.15, -0.1) is 0 Å². The van der Waals surface area contributed by atoms with Gasteiger partial charge < -0.3 is 15.8 Å². The number of aryl methyl sites for hydroxylation is 1. The van der Waals surface area contributed by atoms with Gasteiger partial charge in [-0.05, 0) is 37.0 Å². The standard InChI is InChI=1S/C17H23ClN4O/c1-2-3-10-20-16-15(12-21-17(19)22-16)23-11-4-5-13-6-8-14(18)9-7-13/h6-9,12H,2-5,10-11H2,1H3,(H3,19,20,21,22). The highest BCUT2D eigenvalue weighted by atomic mass is 35.5. The fraction of sp³-hybridized carbons (Fsp3) is 0.412. The van der Waals surface area contributed by atoms with Crippen molar-refractivity contribution in [3.63, 3.8) is 0 Å². The smallest absolute Gasteiger partial charge is 0.222 e. The molecule has 2 rings (SSSR count). The molecule has 0 saturated heterocycles. The Morgan fingerprint density at radius 2 is 2.00 bits per heavy atom. The van der Waals surface area contributed by atoms with Gasteiger partial charge in [-0.1, -0.05) is 37.1 Å². The number of anilines is 2. The van der Waals surface area contributed by atoms with Crippen LogP contribution in [-0.4, -0.2) is 23.1 Å². The summed E-state index contributed by atoms with van der Waals surface area (Å²) in [5.41, 5.74) is 6.89. The second-order valence-corrected chi connectivity index (χ2v) is 5.74. The maximum atomic E-state index is 5.88. The highest BCUT2D eigenvalue weighted by Gasteiger charge is 2.07. The topological polar surface area (TPSA) is 73.1 Å². The van der Waals surface area contributed by atoms with Crippen LogP contribution < -0.4 is 15.8 Å². The number of nitrogen functional groups attached to an aromatic ring is 1. The molecule has 1 aromatic heterocycles. The van der Waals surface area contributed by atoms with Crippen LogP contribution >= 0.6 is 11.6 Å². The molecule has 23 heavy (non-hydrogen) atoms. The Kier molecular flexibility index (Phi) is 6.94. The lowest BCUT2D eigenvalue weighted by atomic mass is 10.1. The van der Waals surface area contributed by atoms with E-state index in [1.807, 2.05) is 24.3 Å². The molecule has 0 saturated carbocycles. The van der Waals surface area contributed by atoms with Gasteiger partial charge in [-0.2, -0.15) is 4.98 Å². The van der Waals surface area contributed by atoms with Crippen LogP contribution in [0.2, 0.25) is 5.02 Å². The van der Waals surface area contributed by atoms with E-state index >= 15 is 0 Å². The molecule has 0 unspecified atom stereocenters. The molecular formula is C17H23ClN4O. The van der Waals surface area contributed by atoms with E-state index in [-0.39, 0.29) is 5.95 Å². The van der Waals surface area contributed by atoms with Crippen molar-refractivity contribution in [1.29, 1.82) is 0 Å². The molecule has 6 heteroatoms. The van der Waals surface area contributed by atoms with E-state index in [1.54, 1.807) is 6.20 Å². The maximum absolute atomic E-state index is 5.88. The monoisotopic (exact) mass is 334 g/mol. The minimum Gasteiger partial charge on any atom is -0.488 e. The van der Waals surface area contributed by atoms with Gasteiger partial charge in [0, 0.05) is 11.6 Å². The van der Waals surface area contributed by atoms with Crippen LogP contribution in [0.15, 0.2) is 30.5 Å². The molecule has 0 aliphatic rings. The van der Waals surface area contributed by atoms with Gasteiger partial charge in [0.25, 0.3) is 0 Å². The molecule has 0 fully saturated rings. The van der Waals surface area contributed by atoms with Crippen molar-refractivity contribution in [3.05, 3.63) is 41.0 Å². The van der Waals surface area contributed by atoms with Crippen LogP contribution in [0.4, 0.5) is 11.8 Å². The number of rotatable bonds is 9. The highest BCUT2D eigenvalue weighted by molar-refractivity contribution is 6.30. The number of hydrogen-bond donors (Lipinski definition) is 2. The lowest BCUT2D eigenvalue weighted by Gasteiger charge is -2.12. The second kappa shape index (κ2) is 9.20. The average Bonchev–Trinajstić information content (AvgIpc) is 2.55. The Labute approximate surface area is 142 Å². The Morgan fingerprint density at radius 1 is 1.22 bits per heavy atom. The summed E-state index contributed by atoms with van der Waals surface area (Å²) in [5.74, 6) is 1.56. The predicted molar refractivity (Wildman–Crippen MR) is 95.1 cm³/mol. The van der Waals surface area contributed by atoms with Crippen LogP contribution in [0.1, 0.15) is 31.7 Å². The zero-order valence-electron chi connectivity index (χ0n) is 13.4. The summed E-state index contributed by atoms with van der Waals surface area (Å²) >= 11 is 5.88. The Morgan fingerprint density at radius 3 is 2.74 bits per heavy atom. The lowest BCUT2D eigenvalue weighted by Crippen LogP contribution is -2.09. The molecule has 3 N–H and O–H groups in total. The van der Waals surface area contributed by atoms with E-state index in [2.05, 4.69) is 22.2 Å². The van der Waals surface area contributed by atoms with E-state index in [1.165, 1.54) is 5.56 Å². The molecule has 5 nitrogen and oxygen atoms in total. The van der Waals surface area contributed by atoms with E-state index in [0.29, 0.717) is 18.2 Å². The van der Waals surface area contributed by atoms with E-state index in [9.17, 15) is 0 Å². The SMILES string of the molecule is CCCCNc1nc(N)ncc1OCCCc1ccc(Cl)cc1. The first kappa shape index (κ1) is 17.3. The third-order valence-electron chi connectivity index (χ3n) is 3.38. The first-order valence-electron chi connectivity index (χ1n) is 7.92. The summed E-state index contributed by atoms with van der Waals surface area (Å²) in [6.45, 7) is 3.58. The van der Waals surface area contributed by atoms with Crippen molar-refractivity contribution < 1.29 is 4.74 Å². The molecule has 0 atom stereocenters. The summed E-state index contributed by atoms with van der Waals surface area (Å²) in [5, 5.41) is 4.01. The number of ether oxygens (including phenoxy) is 1. The second-order valence-electron chi connectivity index (χ2n) is 5.30. The normalized spacial score (nSPS) is 10.5. The van der Waals surface area contributed by atoms with Crippen molar-refractivity contribution in [3.8, 4) is 5.75 Å². The highest BCUT2D eigenvalue weighted by Crippen LogP contribution is 2.22. The van der Waals surface area contributed by atoms with Gasteiger partial charge in [-0.3, -0.25) is 0 Å². The molecule has 2 aromatic rings. The molecule has 0 bridgehead atoms. The summed E-state index contributed by atoms with van der Waals surface area (Å²) in [7, 11) is 0. The molecule has 1 aromatic carbocycles. The van der Waals surface area contributed by atoms with Gasteiger partial charge in [0.05, 0.1) is 12.8 Å². The molecular weight excluding hydrogens is 312 g/mol. The summed E-state index contributed by atoms with van der Waals surface area (Å²) in [4.78, 5) is 8.21. The first-order chi connectivity index (χ1) is 11.2. The number of halogens is 1. The number of hydrogen-bond acceptors (Lipinski definition) is 5. The number of nitrogens with one attached hydrogen (secondary N) is 1. The van der Waals surface area contributed by atoms with Gasteiger partial charge in [0.1, 0.15) is 0 Å². The summed E-state index contributed by atoms with van der Waals surface area (Å²) in [6, 6.07) is 7.88. The maximum Gasteiger partial charge on any atom is 0.222 e. The Balaban J connectivity index is 1.83. The van der Waals surface area contributed by atoms with Gasteiger partial charge in [0.15, 0.2) is 11.6 Å². The fourth-order valence-electron chi connectivity index (χ4n) is 2.11. The molecule has 0 spiro atoms. The molecule has 0 amide bonds. The number of aromatic nitrogens is 2. The summed E-state index contributed by atoms with van der Waals surface area (Å²) < 4.78 is 5.80. The quantitative estimate of drug-likeness (QED) is 0.679. The number of nitrogens with zero attached hydrogens (tertiary/aromatic N) is 2. The van der Waals surface area contributed by atoms with Crippen LogP contribution in [0, 0.1) is 0 Å². The Hall–Kier alpha value is -2.01. The van der Waals surface area contributed by atoms with Crippen LogP contribution in [0.3, 0.4) is 0 Å². The number of benzene rings is 1. The average molecular weight is 335 g/mol. The zero-order valence-corrected chi connectivity index (χ0v) is 14.1. The lowest BCUT2D eigenvalue weighted by molar-refractivity contribution is 0.310. The van der Waals surface area contributed by atoms with Crippen molar-refractivity contribution in [1.82, 2.24) is 9.97 Å². The fourth-order valence-corrected chi connectivity index (χ4v) is 2.24. The largest absolute Gasteiger partial charge is 0.488 e. The Bertz CT molecular complexity index is 604. The first-order valence-corrected chi connectivity index (χ1v) is 8.30. The van der Waals surface area contributed by atoms with Crippen molar-refractivity contribution >= 4 is 23.4 Å². The van der Waals surface area contributed by atoms with Gasteiger partial charge >= 0.3 is 0 Å². The number of unbranched alkanes of at least 4 members (excludes halogenated alkanes) is 1. The molecule has 1 heterocycles. The van der Waals surface area contributed by atoms with Crippen molar-refractivity contribution in [2.45, 2.75) is 32.6 Å². The van der Waals surface area contributed by atoms with Crippen molar-refractivity contribution in [2.75, 3.05) is 24.2 Å². The minimum absolute atomic E-state index is 0.248. The van der Waals surface area contributed by atoms with Gasteiger partial charge in [-0.25, -0.2) is 4.98 Å². The van der Waals surface area contributed by atoms with Crippen LogP contribution in [-0.2, 0) is 6.42 Å². The molecule has 0 aliphatic carbocycles. The van der Waals surface area contributed by atoms with E-state index in [0.717, 1.165) is 37.3 Å². The molecule has 124 valence electrons. The van der Waals surface area contributed by atoms with Crippen LogP contribution in [0.25, 0.3) is 0 Å². The predicted octanol–water partition coefficient (Wildman–Crippen LogP) is 3.94.